The van der Waals surface area contributed by atoms with E-state index in [1.807, 2.05) is 7.05 Å². The summed E-state index contributed by atoms with van der Waals surface area (Å²) in [6.07, 6.45) is 12.9. The lowest BCUT2D eigenvalue weighted by Crippen LogP contribution is -2.55. The van der Waals surface area contributed by atoms with Gasteiger partial charge in [0.25, 0.3) is 0 Å². The van der Waals surface area contributed by atoms with Crippen LogP contribution in [0.25, 0.3) is 0 Å². The van der Waals surface area contributed by atoms with Gasteiger partial charge in [0.05, 0.1) is 12.6 Å². The summed E-state index contributed by atoms with van der Waals surface area (Å²) in [5.74, 6) is 0.954. The Hall–Kier alpha value is -1.08. The third kappa shape index (κ3) is 3.40. The summed E-state index contributed by atoms with van der Waals surface area (Å²) in [4.78, 5) is 17.1. The van der Waals surface area contributed by atoms with E-state index < -0.39 is 5.54 Å². The van der Waals surface area contributed by atoms with Crippen molar-refractivity contribution in [1.29, 1.82) is 5.26 Å². The van der Waals surface area contributed by atoms with E-state index in [4.69, 9.17) is 0 Å². The van der Waals surface area contributed by atoms with Gasteiger partial charge < -0.3 is 4.90 Å². The Morgan fingerprint density at radius 2 is 1.83 bits per heavy atom. The maximum atomic E-state index is 12.9. The quantitative estimate of drug-likeness (QED) is 0.802. The summed E-state index contributed by atoms with van der Waals surface area (Å²) in [6, 6.07) is 3.09. The summed E-state index contributed by atoms with van der Waals surface area (Å²) in [7, 11) is 1.86. The van der Waals surface area contributed by atoms with E-state index in [-0.39, 0.29) is 5.91 Å². The molecule has 3 aliphatic rings. The molecule has 23 heavy (non-hydrogen) atoms. The highest BCUT2D eigenvalue weighted by molar-refractivity contribution is 5.79. The van der Waals surface area contributed by atoms with Crippen LogP contribution in [0.5, 0.6) is 0 Å². The number of hydrogen-bond donors (Lipinski definition) is 0. The Bertz CT molecular complexity index is 462. The third-order valence-corrected chi connectivity index (χ3v) is 6.60. The van der Waals surface area contributed by atoms with Crippen molar-refractivity contribution in [2.45, 2.75) is 82.2 Å². The second-order valence-electron chi connectivity index (χ2n) is 7.88. The summed E-state index contributed by atoms with van der Waals surface area (Å²) in [5.41, 5.74) is -0.545. The number of likely N-dealkylation sites (N-methyl/N-ethyl adjacent to an activating group) is 1. The Morgan fingerprint density at radius 1 is 1.13 bits per heavy atom. The van der Waals surface area contributed by atoms with Crippen LogP contribution in [0.4, 0.5) is 0 Å². The zero-order valence-corrected chi connectivity index (χ0v) is 14.6. The van der Waals surface area contributed by atoms with Gasteiger partial charge in [0, 0.05) is 13.1 Å². The molecule has 1 heterocycles. The van der Waals surface area contributed by atoms with Gasteiger partial charge in [0.1, 0.15) is 5.54 Å². The minimum absolute atomic E-state index is 0.152. The first-order chi connectivity index (χ1) is 11.2. The molecule has 2 saturated carbocycles. The van der Waals surface area contributed by atoms with Crippen LogP contribution in [0.2, 0.25) is 0 Å². The summed E-state index contributed by atoms with van der Waals surface area (Å²) in [6.45, 7) is 1.57. The second kappa shape index (κ2) is 7.21. The molecule has 3 fully saturated rings. The van der Waals surface area contributed by atoms with Crippen LogP contribution in [-0.2, 0) is 4.79 Å². The molecule has 1 saturated heterocycles. The lowest BCUT2D eigenvalue weighted by molar-refractivity contribution is -0.137. The molecule has 4 heteroatoms. The molecular formula is C19H31N3O. The average Bonchev–Trinajstić information content (AvgIpc) is 2.62. The number of hydrogen-bond acceptors (Lipinski definition) is 3. The van der Waals surface area contributed by atoms with Crippen LogP contribution in [0.1, 0.15) is 70.6 Å². The molecule has 0 bridgehead atoms. The number of likely N-dealkylation sites (tertiary alicyclic amines) is 1. The number of rotatable bonds is 3. The van der Waals surface area contributed by atoms with Gasteiger partial charge in [-0.2, -0.15) is 5.26 Å². The van der Waals surface area contributed by atoms with Crippen molar-refractivity contribution >= 4 is 5.91 Å². The predicted octanol–water partition coefficient (Wildman–Crippen LogP) is 3.33. The lowest BCUT2D eigenvalue weighted by atomic mass is 9.78. The Kier molecular flexibility index (Phi) is 5.26. The first-order valence-corrected chi connectivity index (χ1v) is 9.58. The molecule has 0 N–H and O–H groups in total. The minimum Gasteiger partial charge on any atom is -0.326 e. The minimum atomic E-state index is -0.545. The first kappa shape index (κ1) is 16.8. The van der Waals surface area contributed by atoms with Gasteiger partial charge in [0.15, 0.2) is 0 Å². The first-order valence-electron chi connectivity index (χ1n) is 9.58. The molecule has 0 aromatic heterocycles. The molecule has 2 unspecified atom stereocenters. The van der Waals surface area contributed by atoms with Gasteiger partial charge in [0.2, 0.25) is 5.91 Å². The normalized spacial score (nSPS) is 31.0. The molecule has 0 spiro atoms. The van der Waals surface area contributed by atoms with Crippen LogP contribution in [0.15, 0.2) is 0 Å². The number of piperidine rings is 1. The molecule has 128 valence electrons. The van der Waals surface area contributed by atoms with E-state index in [9.17, 15) is 10.1 Å². The fraction of sp³-hybridized carbons (Fsp3) is 0.895. The molecule has 1 aliphatic heterocycles. The largest absolute Gasteiger partial charge is 0.326 e. The third-order valence-electron chi connectivity index (χ3n) is 6.60. The van der Waals surface area contributed by atoms with Crippen molar-refractivity contribution in [3.05, 3.63) is 0 Å². The SMILES string of the molecule is CN(C(=O)CN1CCCC2CCCCC21)C1(C#N)CCCCC1. The number of nitrogens with zero attached hydrogens (tertiary/aromatic N) is 3. The van der Waals surface area contributed by atoms with Gasteiger partial charge in [-0.1, -0.05) is 32.1 Å². The smallest absolute Gasteiger partial charge is 0.237 e. The van der Waals surface area contributed by atoms with E-state index in [0.717, 1.165) is 38.1 Å². The summed E-state index contributed by atoms with van der Waals surface area (Å²) in [5, 5.41) is 9.70. The zero-order valence-electron chi connectivity index (χ0n) is 14.6. The van der Waals surface area contributed by atoms with E-state index in [1.54, 1.807) is 4.90 Å². The Labute approximate surface area is 140 Å². The van der Waals surface area contributed by atoms with Crippen molar-refractivity contribution in [3.8, 4) is 6.07 Å². The number of amides is 1. The average molecular weight is 317 g/mol. The van der Waals surface area contributed by atoms with E-state index in [2.05, 4.69) is 11.0 Å². The van der Waals surface area contributed by atoms with Gasteiger partial charge in [-0.25, -0.2) is 0 Å². The fourth-order valence-corrected chi connectivity index (χ4v) is 5.10. The maximum Gasteiger partial charge on any atom is 0.237 e. The molecule has 1 amide bonds. The summed E-state index contributed by atoms with van der Waals surface area (Å²) < 4.78 is 0. The van der Waals surface area contributed by atoms with Crippen molar-refractivity contribution in [3.63, 3.8) is 0 Å². The highest BCUT2D eigenvalue weighted by Crippen LogP contribution is 2.36. The highest BCUT2D eigenvalue weighted by Gasteiger charge is 2.40. The monoisotopic (exact) mass is 317 g/mol. The van der Waals surface area contributed by atoms with Crippen molar-refractivity contribution < 1.29 is 4.79 Å². The molecule has 0 aromatic carbocycles. The van der Waals surface area contributed by atoms with Crippen LogP contribution in [0, 0.1) is 17.2 Å². The van der Waals surface area contributed by atoms with Gasteiger partial charge in [-0.3, -0.25) is 9.69 Å². The van der Waals surface area contributed by atoms with E-state index >= 15 is 0 Å². The number of fused-ring (bicyclic) bond motifs is 1. The Morgan fingerprint density at radius 3 is 2.57 bits per heavy atom. The molecule has 3 rings (SSSR count). The zero-order chi connectivity index (χ0) is 16.3. The standard InChI is InChI=1S/C19H31N3O/c1-21(19(15-20)11-5-2-6-12-19)18(23)14-22-13-7-9-16-8-3-4-10-17(16)22/h16-17H,2-14H2,1H3. The molecule has 0 radical (unpaired) electrons. The lowest BCUT2D eigenvalue weighted by Gasteiger charge is -2.45. The molecule has 2 atom stereocenters. The maximum absolute atomic E-state index is 12.9. The van der Waals surface area contributed by atoms with E-state index in [0.29, 0.717) is 12.6 Å². The number of carbonyl (C=O) groups is 1. The highest BCUT2D eigenvalue weighted by atomic mass is 16.2. The molecule has 0 aromatic rings. The van der Waals surface area contributed by atoms with Crippen LogP contribution < -0.4 is 0 Å². The molecule has 2 aliphatic carbocycles. The van der Waals surface area contributed by atoms with Crippen molar-refractivity contribution in [1.82, 2.24) is 9.80 Å². The van der Waals surface area contributed by atoms with Crippen LogP contribution in [0.3, 0.4) is 0 Å². The number of carbonyl (C=O) groups excluding carboxylic acids is 1. The second-order valence-corrected chi connectivity index (χ2v) is 7.88. The predicted molar refractivity (Wildman–Crippen MR) is 90.8 cm³/mol. The fourth-order valence-electron chi connectivity index (χ4n) is 5.10. The van der Waals surface area contributed by atoms with Crippen LogP contribution in [-0.4, -0.2) is 47.4 Å². The van der Waals surface area contributed by atoms with Crippen LogP contribution >= 0.6 is 0 Å². The summed E-state index contributed by atoms with van der Waals surface area (Å²) >= 11 is 0. The Balaban J connectivity index is 1.64. The van der Waals surface area contributed by atoms with E-state index in [1.165, 1.54) is 44.9 Å². The van der Waals surface area contributed by atoms with Gasteiger partial charge in [-0.05, 0) is 51.0 Å². The number of nitriles is 1. The molecular weight excluding hydrogens is 286 g/mol. The topological polar surface area (TPSA) is 47.3 Å². The van der Waals surface area contributed by atoms with Gasteiger partial charge >= 0.3 is 0 Å². The van der Waals surface area contributed by atoms with Crippen molar-refractivity contribution in [2.24, 2.45) is 5.92 Å². The molecule has 4 nitrogen and oxygen atoms in total. The van der Waals surface area contributed by atoms with Gasteiger partial charge in [-0.15, -0.1) is 0 Å². The van der Waals surface area contributed by atoms with Crippen molar-refractivity contribution in [2.75, 3.05) is 20.1 Å².